The van der Waals surface area contributed by atoms with E-state index < -0.39 is 11.3 Å². The quantitative estimate of drug-likeness (QED) is 0.843. The van der Waals surface area contributed by atoms with Crippen molar-refractivity contribution in [3.05, 3.63) is 65.7 Å². The lowest BCUT2D eigenvalue weighted by molar-refractivity contribution is -0.138. The van der Waals surface area contributed by atoms with Gasteiger partial charge in [0.1, 0.15) is 5.41 Å². The molecule has 2 aromatic carbocycles. The predicted octanol–water partition coefficient (Wildman–Crippen LogP) is 1.90. The van der Waals surface area contributed by atoms with Gasteiger partial charge in [0.05, 0.1) is 0 Å². The van der Waals surface area contributed by atoms with E-state index in [0.29, 0.717) is 12.8 Å². The van der Waals surface area contributed by atoms with Crippen molar-refractivity contribution in [3.63, 3.8) is 0 Å². The first kappa shape index (κ1) is 13.4. The zero-order valence-electron chi connectivity index (χ0n) is 11.5. The molecule has 1 unspecified atom stereocenters. The van der Waals surface area contributed by atoms with Gasteiger partial charge in [-0.2, -0.15) is 0 Å². The Morgan fingerprint density at radius 3 is 2.48 bits per heavy atom. The topological polar surface area (TPSA) is 72.2 Å². The van der Waals surface area contributed by atoms with Gasteiger partial charge in [0.2, 0.25) is 11.8 Å². The number of primary amides is 1. The largest absolute Gasteiger partial charge is 0.369 e. The molecule has 0 spiro atoms. The van der Waals surface area contributed by atoms with Crippen molar-refractivity contribution >= 4 is 17.5 Å². The third kappa shape index (κ3) is 2.29. The highest BCUT2D eigenvalue weighted by Gasteiger charge is 2.47. The molecule has 1 aliphatic heterocycles. The number of hydrogen-bond acceptors (Lipinski definition) is 2. The van der Waals surface area contributed by atoms with Gasteiger partial charge >= 0.3 is 0 Å². The molecule has 1 heterocycles. The maximum atomic E-state index is 12.5. The summed E-state index contributed by atoms with van der Waals surface area (Å²) in [6, 6.07) is 17.0. The maximum Gasteiger partial charge on any atom is 0.240 e. The fraction of sp³-hybridized carbons (Fsp3) is 0.176. The number of hydrogen-bond donors (Lipinski definition) is 2. The Morgan fingerprint density at radius 1 is 1.10 bits per heavy atom. The third-order valence-corrected chi connectivity index (χ3v) is 4.01. The van der Waals surface area contributed by atoms with E-state index in [4.69, 9.17) is 5.73 Å². The van der Waals surface area contributed by atoms with Crippen LogP contribution in [0.15, 0.2) is 54.6 Å². The highest BCUT2D eigenvalue weighted by molar-refractivity contribution is 6.12. The average Bonchev–Trinajstić information content (AvgIpc) is 2.49. The fourth-order valence-corrected chi connectivity index (χ4v) is 2.82. The number of fused-ring (bicyclic) bond motifs is 1. The first-order valence-corrected chi connectivity index (χ1v) is 6.85. The van der Waals surface area contributed by atoms with Gasteiger partial charge < -0.3 is 11.1 Å². The Kier molecular flexibility index (Phi) is 3.22. The molecule has 21 heavy (non-hydrogen) atoms. The molecule has 1 atom stereocenters. The number of rotatable bonds is 3. The summed E-state index contributed by atoms with van der Waals surface area (Å²) in [6.07, 6.45) is 0.641. The molecule has 0 saturated carbocycles. The van der Waals surface area contributed by atoms with Crippen LogP contribution in [0, 0.1) is 5.41 Å². The molecule has 2 amide bonds. The minimum absolute atomic E-state index is 0.309. The first-order chi connectivity index (χ1) is 10.1. The van der Waals surface area contributed by atoms with E-state index in [9.17, 15) is 9.59 Å². The van der Waals surface area contributed by atoms with Crippen molar-refractivity contribution in [2.45, 2.75) is 12.8 Å². The van der Waals surface area contributed by atoms with E-state index in [-0.39, 0.29) is 5.91 Å². The Bertz CT molecular complexity index is 697. The number of carbonyl (C=O) groups is 2. The number of nitrogens with one attached hydrogen (secondary N) is 1. The molecular formula is C17H16N2O2. The maximum absolute atomic E-state index is 12.5. The number of amides is 2. The summed E-state index contributed by atoms with van der Waals surface area (Å²) in [7, 11) is 0. The van der Waals surface area contributed by atoms with Gasteiger partial charge in [-0.05, 0) is 30.0 Å². The monoisotopic (exact) mass is 280 g/mol. The molecule has 0 bridgehead atoms. The molecule has 3 rings (SSSR count). The van der Waals surface area contributed by atoms with Gasteiger partial charge in [-0.15, -0.1) is 0 Å². The summed E-state index contributed by atoms with van der Waals surface area (Å²) in [6.45, 7) is 0. The van der Waals surface area contributed by atoms with Crippen LogP contribution in [0.1, 0.15) is 11.1 Å². The molecule has 1 aliphatic rings. The molecule has 106 valence electrons. The van der Waals surface area contributed by atoms with Crippen molar-refractivity contribution in [2.75, 3.05) is 5.32 Å². The second-order valence-electron chi connectivity index (χ2n) is 5.40. The normalized spacial score (nSPS) is 20.5. The van der Waals surface area contributed by atoms with Crippen LogP contribution in [0.3, 0.4) is 0 Å². The van der Waals surface area contributed by atoms with Crippen molar-refractivity contribution in [2.24, 2.45) is 11.1 Å². The van der Waals surface area contributed by atoms with Crippen LogP contribution in [0.25, 0.3) is 0 Å². The van der Waals surface area contributed by atoms with Crippen molar-refractivity contribution in [1.82, 2.24) is 0 Å². The van der Waals surface area contributed by atoms with Crippen molar-refractivity contribution < 1.29 is 9.59 Å². The Balaban J connectivity index is 2.02. The molecule has 4 heteroatoms. The van der Waals surface area contributed by atoms with E-state index >= 15 is 0 Å². The van der Waals surface area contributed by atoms with Crippen LogP contribution in [0.2, 0.25) is 0 Å². The number of carbonyl (C=O) groups excluding carboxylic acids is 2. The number of benzene rings is 2. The average molecular weight is 280 g/mol. The lowest BCUT2D eigenvalue weighted by Gasteiger charge is -2.34. The van der Waals surface area contributed by atoms with Crippen LogP contribution in [0.4, 0.5) is 5.69 Å². The van der Waals surface area contributed by atoms with E-state index in [1.807, 2.05) is 54.6 Å². The molecule has 0 aliphatic carbocycles. The minimum Gasteiger partial charge on any atom is -0.369 e. The van der Waals surface area contributed by atoms with Crippen molar-refractivity contribution in [1.29, 1.82) is 0 Å². The molecule has 0 aromatic heterocycles. The minimum atomic E-state index is -1.23. The van der Waals surface area contributed by atoms with E-state index in [0.717, 1.165) is 16.8 Å². The number of nitrogens with two attached hydrogens (primary N) is 1. The van der Waals surface area contributed by atoms with Gasteiger partial charge in [0.25, 0.3) is 0 Å². The highest BCUT2D eigenvalue weighted by Crippen LogP contribution is 2.36. The predicted molar refractivity (Wildman–Crippen MR) is 80.5 cm³/mol. The Morgan fingerprint density at radius 2 is 1.76 bits per heavy atom. The van der Waals surface area contributed by atoms with Gasteiger partial charge in [-0.25, -0.2) is 0 Å². The number of anilines is 1. The Hall–Kier alpha value is -2.62. The molecule has 3 N–H and O–H groups in total. The summed E-state index contributed by atoms with van der Waals surface area (Å²) in [5.41, 5.74) is 6.99. The van der Waals surface area contributed by atoms with Gasteiger partial charge in [-0.3, -0.25) is 9.59 Å². The van der Waals surface area contributed by atoms with Crippen molar-refractivity contribution in [3.8, 4) is 0 Å². The number of para-hydroxylation sites is 1. The zero-order chi connectivity index (χ0) is 14.9. The summed E-state index contributed by atoms with van der Waals surface area (Å²) in [4.78, 5) is 24.6. The smallest absolute Gasteiger partial charge is 0.240 e. The van der Waals surface area contributed by atoms with E-state index in [1.54, 1.807) is 0 Å². The summed E-state index contributed by atoms with van der Waals surface area (Å²) >= 11 is 0. The lowest BCUT2D eigenvalue weighted by atomic mass is 9.72. The summed E-state index contributed by atoms with van der Waals surface area (Å²) in [5.74, 6) is -0.907. The van der Waals surface area contributed by atoms with Crippen LogP contribution in [-0.2, 0) is 22.4 Å². The van der Waals surface area contributed by atoms with Gasteiger partial charge in [0, 0.05) is 5.69 Å². The molecule has 2 aromatic rings. The van der Waals surface area contributed by atoms with Crippen LogP contribution >= 0.6 is 0 Å². The molecule has 0 radical (unpaired) electrons. The van der Waals surface area contributed by atoms with Gasteiger partial charge in [0.15, 0.2) is 0 Å². The van der Waals surface area contributed by atoms with Crippen LogP contribution in [-0.4, -0.2) is 11.8 Å². The van der Waals surface area contributed by atoms with Crippen LogP contribution in [0.5, 0.6) is 0 Å². The molecule has 0 fully saturated rings. The van der Waals surface area contributed by atoms with E-state index in [1.165, 1.54) is 0 Å². The van der Waals surface area contributed by atoms with Gasteiger partial charge in [-0.1, -0.05) is 48.5 Å². The summed E-state index contributed by atoms with van der Waals surface area (Å²) < 4.78 is 0. The lowest BCUT2D eigenvalue weighted by Crippen LogP contribution is -2.52. The fourth-order valence-electron chi connectivity index (χ4n) is 2.82. The van der Waals surface area contributed by atoms with E-state index in [2.05, 4.69) is 5.32 Å². The first-order valence-electron chi connectivity index (χ1n) is 6.85. The Labute approximate surface area is 123 Å². The zero-order valence-corrected chi connectivity index (χ0v) is 11.5. The standard InChI is InChI=1S/C17H16N2O2/c18-15(20)17(10-12-6-2-1-3-7-12)11-13-8-4-5-9-14(13)19-16(17)21/h1-9H,10-11H2,(H2,18,20)(H,19,21). The molecular weight excluding hydrogens is 264 g/mol. The van der Waals surface area contributed by atoms with Crippen LogP contribution < -0.4 is 11.1 Å². The molecule has 4 nitrogen and oxygen atoms in total. The summed E-state index contributed by atoms with van der Waals surface area (Å²) in [5, 5.41) is 2.81. The highest BCUT2D eigenvalue weighted by atomic mass is 16.2. The second kappa shape index (κ2) is 5.05. The molecule has 0 saturated heterocycles. The SMILES string of the molecule is NC(=O)C1(Cc2ccccc2)Cc2ccccc2NC1=O. The second-order valence-corrected chi connectivity index (χ2v) is 5.40. The third-order valence-electron chi connectivity index (χ3n) is 4.01.